The van der Waals surface area contributed by atoms with Crippen molar-refractivity contribution in [3.05, 3.63) is 71.8 Å². The Morgan fingerprint density at radius 3 is 2.39 bits per heavy atom. The van der Waals surface area contributed by atoms with Crippen LogP contribution in [0.2, 0.25) is 0 Å². The number of methoxy groups -OCH3 is 1. The van der Waals surface area contributed by atoms with E-state index < -0.39 is 0 Å². The Hall–Kier alpha value is -3.81. The third-order valence-electron chi connectivity index (χ3n) is 7.28. The summed E-state index contributed by atoms with van der Waals surface area (Å²) < 4.78 is 16.0. The van der Waals surface area contributed by atoms with Gasteiger partial charge in [0.2, 0.25) is 0 Å². The molecule has 0 bridgehead atoms. The number of carbonyl (C=O) groups excluding carboxylic acids is 3. The lowest BCUT2D eigenvalue weighted by atomic mass is 10.1. The number of amides is 1. The molecule has 2 N–H and O–H groups in total. The van der Waals surface area contributed by atoms with Crippen molar-refractivity contribution in [1.82, 2.24) is 5.32 Å². The highest BCUT2D eigenvalue weighted by molar-refractivity contribution is 5.80. The molecule has 44 heavy (non-hydrogen) atoms. The lowest BCUT2D eigenvalue weighted by molar-refractivity contribution is -0.149. The highest BCUT2D eigenvalue weighted by Gasteiger charge is 2.14. The summed E-state index contributed by atoms with van der Waals surface area (Å²) in [4.78, 5) is 36.4. The van der Waals surface area contributed by atoms with E-state index in [0.29, 0.717) is 18.6 Å². The van der Waals surface area contributed by atoms with Crippen molar-refractivity contribution >= 4 is 17.8 Å². The predicted molar refractivity (Wildman–Crippen MR) is 172 cm³/mol. The Kier molecular flexibility index (Phi) is 18.8. The fraction of sp³-hybridized carbons (Fsp3) is 0.528. The van der Waals surface area contributed by atoms with Gasteiger partial charge < -0.3 is 24.6 Å². The minimum absolute atomic E-state index is 0.0289. The van der Waals surface area contributed by atoms with Crippen molar-refractivity contribution in [2.24, 2.45) is 0 Å². The van der Waals surface area contributed by atoms with Crippen LogP contribution in [-0.2, 0) is 36.8 Å². The van der Waals surface area contributed by atoms with Crippen LogP contribution in [-0.4, -0.2) is 42.8 Å². The van der Waals surface area contributed by atoms with Gasteiger partial charge in [-0.05, 0) is 55.4 Å². The fourth-order valence-electron chi connectivity index (χ4n) is 4.74. The van der Waals surface area contributed by atoms with Gasteiger partial charge in [-0.25, -0.2) is 0 Å². The first kappa shape index (κ1) is 36.4. The molecule has 2 rings (SSSR count). The Bertz CT molecular complexity index is 1130. The van der Waals surface area contributed by atoms with Crippen LogP contribution in [0.15, 0.2) is 60.7 Å². The number of nitrogens with one attached hydrogen (secondary N) is 1. The van der Waals surface area contributed by atoms with E-state index in [9.17, 15) is 19.5 Å². The van der Waals surface area contributed by atoms with Crippen LogP contribution in [0.4, 0.5) is 0 Å². The number of phenols is 1. The standard InChI is InChI=1S/C36H51NO7/c1-3-4-5-15-20-31(44-36(41)26-29-18-13-12-14-19-29)21-16-10-8-6-7-9-11-17-22-35(40)43-28-34(39)37-27-30-23-24-32(38)33(25-30)42-2/h10,12-14,16,18-19,23-25,31,38H,3-9,11,15,17,20-22,26-28H2,1-2H3,(H,37,39)/b16-10+. The predicted octanol–water partition coefficient (Wildman–Crippen LogP) is 7.36. The molecule has 8 heteroatoms. The number of hydrogen-bond acceptors (Lipinski definition) is 7. The molecular formula is C36H51NO7. The van der Waals surface area contributed by atoms with Crippen molar-refractivity contribution in [2.75, 3.05) is 13.7 Å². The summed E-state index contributed by atoms with van der Waals surface area (Å²) in [7, 11) is 1.46. The SMILES string of the molecule is CCCCCCC(C/C=C/CCCCCCCC(=O)OCC(=O)NCc1ccc(O)c(OC)c1)OC(=O)Cc1ccccc1. The van der Waals surface area contributed by atoms with E-state index in [0.717, 1.165) is 68.9 Å². The van der Waals surface area contributed by atoms with Crippen molar-refractivity contribution in [2.45, 2.75) is 109 Å². The maximum atomic E-state index is 12.5. The molecule has 0 aliphatic rings. The summed E-state index contributed by atoms with van der Waals surface area (Å²) in [6, 6.07) is 14.5. The quantitative estimate of drug-likeness (QED) is 0.0769. The maximum absolute atomic E-state index is 12.5. The number of unbranched alkanes of at least 4 members (excludes halogenated alkanes) is 8. The van der Waals surface area contributed by atoms with Gasteiger partial charge in [0.1, 0.15) is 6.10 Å². The zero-order valence-corrected chi connectivity index (χ0v) is 26.6. The highest BCUT2D eigenvalue weighted by atomic mass is 16.5. The van der Waals surface area contributed by atoms with E-state index in [1.165, 1.54) is 32.4 Å². The Labute approximate surface area is 263 Å². The molecule has 1 atom stereocenters. The Morgan fingerprint density at radius 2 is 1.61 bits per heavy atom. The monoisotopic (exact) mass is 609 g/mol. The van der Waals surface area contributed by atoms with Gasteiger partial charge in [-0.15, -0.1) is 0 Å². The molecular weight excluding hydrogens is 558 g/mol. The van der Waals surface area contributed by atoms with Gasteiger partial charge in [-0.1, -0.05) is 94.0 Å². The zero-order chi connectivity index (χ0) is 31.8. The summed E-state index contributed by atoms with van der Waals surface area (Å²) in [5.74, 6) is -0.559. The average Bonchev–Trinajstić information content (AvgIpc) is 3.02. The number of aromatic hydroxyl groups is 1. The Balaban J connectivity index is 1.52. The summed E-state index contributed by atoms with van der Waals surface area (Å²) in [6.07, 6.45) is 17.0. The van der Waals surface area contributed by atoms with Crippen LogP contribution < -0.4 is 10.1 Å². The smallest absolute Gasteiger partial charge is 0.310 e. The lowest BCUT2D eigenvalue weighted by Gasteiger charge is -2.16. The minimum atomic E-state index is -0.383. The lowest BCUT2D eigenvalue weighted by Crippen LogP contribution is -2.28. The molecule has 0 aliphatic heterocycles. The maximum Gasteiger partial charge on any atom is 0.310 e. The molecule has 8 nitrogen and oxygen atoms in total. The van der Waals surface area contributed by atoms with Crippen LogP contribution in [0.1, 0.15) is 102 Å². The van der Waals surface area contributed by atoms with Gasteiger partial charge in [0.15, 0.2) is 18.1 Å². The van der Waals surface area contributed by atoms with Crippen LogP contribution >= 0.6 is 0 Å². The van der Waals surface area contributed by atoms with Gasteiger partial charge in [0.05, 0.1) is 13.5 Å². The second kappa shape index (κ2) is 22.7. The van der Waals surface area contributed by atoms with Crippen LogP contribution in [0.25, 0.3) is 0 Å². The third kappa shape index (κ3) is 16.7. The van der Waals surface area contributed by atoms with Crippen LogP contribution in [0.3, 0.4) is 0 Å². The largest absolute Gasteiger partial charge is 0.504 e. The molecule has 1 amide bonds. The summed E-state index contributed by atoms with van der Waals surface area (Å²) in [5, 5.41) is 12.3. The van der Waals surface area contributed by atoms with Gasteiger partial charge >= 0.3 is 11.9 Å². The number of ether oxygens (including phenoxy) is 3. The topological polar surface area (TPSA) is 111 Å². The molecule has 0 spiro atoms. The second-order valence-corrected chi connectivity index (χ2v) is 11.1. The van der Waals surface area contributed by atoms with Crippen molar-refractivity contribution in [1.29, 1.82) is 0 Å². The minimum Gasteiger partial charge on any atom is -0.504 e. The van der Waals surface area contributed by atoms with Crippen LogP contribution in [0.5, 0.6) is 11.5 Å². The molecule has 0 saturated heterocycles. The van der Waals surface area contributed by atoms with E-state index >= 15 is 0 Å². The van der Waals surface area contributed by atoms with Crippen molar-refractivity contribution < 1.29 is 33.7 Å². The first-order chi connectivity index (χ1) is 21.4. The molecule has 0 radical (unpaired) electrons. The highest BCUT2D eigenvalue weighted by Crippen LogP contribution is 2.26. The van der Waals surface area contributed by atoms with Gasteiger partial charge in [-0.3, -0.25) is 14.4 Å². The molecule has 0 aromatic heterocycles. The summed E-state index contributed by atoms with van der Waals surface area (Å²) in [5.41, 5.74) is 1.74. The number of carbonyl (C=O) groups is 3. The van der Waals surface area contributed by atoms with Crippen molar-refractivity contribution in [3.8, 4) is 11.5 Å². The third-order valence-corrected chi connectivity index (χ3v) is 7.28. The summed E-state index contributed by atoms with van der Waals surface area (Å²) in [6.45, 7) is 2.12. The molecule has 0 fully saturated rings. The first-order valence-electron chi connectivity index (χ1n) is 16.1. The number of rotatable bonds is 23. The number of esters is 2. The van der Waals surface area contributed by atoms with Gasteiger partial charge in [-0.2, -0.15) is 0 Å². The number of hydrogen-bond donors (Lipinski definition) is 2. The van der Waals surface area contributed by atoms with E-state index in [1.54, 1.807) is 12.1 Å². The van der Waals surface area contributed by atoms with E-state index in [1.807, 2.05) is 30.3 Å². The molecule has 242 valence electrons. The normalized spacial score (nSPS) is 11.7. The number of benzene rings is 2. The van der Waals surface area contributed by atoms with E-state index in [2.05, 4.69) is 24.4 Å². The molecule has 1 unspecified atom stereocenters. The fourth-order valence-corrected chi connectivity index (χ4v) is 4.74. The molecule has 2 aromatic rings. The van der Waals surface area contributed by atoms with Gasteiger partial charge in [0.25, 0.3) is 5.91 Å². The van der Waals surface area contributed by atoms with Crippen molar-refractivity contribution in [3.63, 3.8) is 0 Å². The number of allylic oxidation sites excluding steroid dienone is 1. The average molecular weight is 610 g/mol. The summed E-state index contributed by atoms with van der Waals surface area (Å²) >= 11 is 0. The van der Waals surface area contributed by atoms with E-state index in [-0.39, 0.29) is 42.9 Å². The molecule has 0 heterocycles. The Morgan fingerprint density at radius 1 is 0.864 bits per heavy atom. The van der Waals surface area contributed by atoms with Crippen LogP contribution in [0, 0.1) is 0 Å². The number of phenolic OH excluding ortho intramolecular Hbond substituents is 1. The molecule has 0 saturated carbocycles. The molecule has 2 aromatic carbocycles. The zero-order valence-electron chi connectivity index (χ0n) is 26.6. The van der Waals surface area contributed by atoms with E-state index in [4.69, 9.17) is 14.2 Å². The second-order valence-electron chi connectivity index (χ2n) is 11.1. The van der Waals surface area contributed by atoms with Gasteiger partial charge in [0, 0.05) is 19.4 Å². The first-order valence-corrected chi connectivity index (χ1v) is 16.1. The molecule has 0 aliphatic carbocycles.